The number of rotatable bonds is 3. The van der Waals surface area contributed by atoms with Crippen LogP contribution in [0.25, 0.3) is 0 Å². The molecule has 1 aliphatic rings. The Balaban J connectivity index is 1.90. The minimum atomic E-state index is -1.03. The molecule has 1 atom stereocenters. The van der Waals surface area contributed by atoms with Crippen LogP contribution in [-0.4, -0.2) is 16.8 Å². The highest BCUT2D eigenvalue weighted by molar-refractivity contribution is 9.10. The summed E-state index contributed by atoms with van der Waals surface area (Å²) in [6.07, 6.45) is 0. The predicted octanol–water partition coefficient (Wildman–Crippen LogP) is 3.72. The van der Waals surface area contributed by atoms with Crippen molar-refractivity contribution in [1.82, 2.24) is 10.2 Å². The van der Waals surface area contributed by atoms with E-state index in [1.165, 1.54) is 4.90 Å². The van der Waals surface area contributed by atoms with Gasteiger partial charge in [0.1, 0.15) is 5.54 Å². The third-order valence-electron chi connectivity index (χ3n) is 4.29. The van der Waals surface area contributed by atoms with Crippen LogP contribution in [0.2, 0.25) is 0 Å². The lowest BCUT2D eigenvalue weighted by atomic mass is 9.92. The number of benzene rings is 2. The van der Waals surface area contributed by atoms with Crippen LogP contribution in [-0.2, 0) is 16.9 Å². The maximum absolute atomic E-state index is 12.9. The van der Waals surface area contributed by atoms with Gasteiger partial charge >= 0.3 is 6.03 Å². The van der Waals surface area contributed by atoms with Gasteiger partial charge in [-0.05, 0) is 42.7 Å². The molecule has 5 heteroatoms. The fourth-order valence-electron chi connectivity index (χ4n) is 2.78. The van der Waals surface area contributed by atoms with Gasteiger partial charge < -0.3 is 5.32 Å². The molecule has 4 nitrogen and oxygen atoms in total. The zero-order chi connectivity index (χ0) is 16.6. The number of halogens is 1. The average Bonchev–Trinajstić information content (AvgIpc) is 2.74. The first-order valence-corrected chi connectivity index (χ1v) is 8.16. The van der Waals surface area contributed by atoms with E-state index in [-0.39, 0.29) is 18.5 Å². The first kappa shape index (κ1) is 15.7. The smallest absolute Gasteiger partial charge is 0.319 e. The fourth-order valence-corrected chi connectivity index (χ4v) is 3.04. The molecule has 0 spiro atoms. The lowest BCUT2D eigenvalue weighted by molar-refractivity contribution is -0.131. The monoisotopic (exact) mass is 372 g/mol. The molecule has 1 heterocycles. The van der Waals surface area contributed by atoms with E-state index in [9.17, 15) is 9.59 Å². The number of nitrogens with zero attached hydrogens (tertiary/aromatic N) is 1. The second-order valence-electron chi connectivity index (χ2n) is 5.88. The van der Waals surface area contributed by atoms with Crippen molar-refractivity contribution < 1.29 is 9.59 Å². The van der Waals surface area contributed by atoms with Gasteiger partial charge in [-0.1, -0.05) is 52.3 Å². The number of aryl methyl sites for hydroxylation is 1. The van der Waals surface area contributed by atoms with Gasteiger partial charge in [-0.3, -0.25) is 9.69 Å². The SMILES string of the molecule is Cc1ccccc1CN1C(=O)N[C@@](C)(c2ccc(Br)cc2)C1=O. The van der Waals surface area contributed by atoms with E-state index >= 15 is 0 Å². The topological polar surface area (TPSA) is 49.4 Å². The Hall–Kier alpha value is -2.14. The third kappa shape index (κ3) is 2.77. The number of urea groups is 1. The summed E-state index contributed by atoms with van der Waals surface area (Å²) >= 11 is 3.38. The molecule has 118 valence electrons. The quantitative estimate of drug-likeness (QED) is 0.834. The Bertz CT molecular complexity index is 773. The predicted molar refractivity (Wildman–Crippen MR) is 91.8 cm³/mol. The van der Waals surface area contributed by atoms with Gasteiger partial charge in [0.15, 0.2) is 0 Å². The number of carbonyl (C=O) groups excluding carboxylic acids is 2. The molecule has 1 aliphatic heterocycles. The second kappa shape index (κ2) is 5.81. The zero-order valence-electron chi connectivity index (χ0n) is 13.0. The van der Waals surface area contributed by atoms with Crippen molar-refractivity contribution in [2.75, 3.05) is 0 Å². The number of carbonyl (C=O) groups is 2. The summed E-state index contributed by atoms with van der Waals surface area (Å²) in [4.78, 5) is 26.5. The fraction of sp³-hybridized carbons (Fsp3) is 0.222. The summed E-state index contributed by atoms with van der Waals surface area (Å²) in [5.41, 5.74) is 1.77. The van der Waals surface area contributed by atoms with E-state index < -0.39 is 5.54 Å². The number of amides is 3. The summed E-state index contributed by atoms with van der Waals surface area (Å²) in [5, 5.41) is 2.83. The summed E-state index contributed by atoms with van der Waals surface area (Å²) < 4.78 is 0.929. The first-order chi connectivity index (χ1) is 10.9. The largest absolute Gasteiger partial charge is 0.325 e. The summed E-state index contributed by atoms with van der Waals surface area (Å²) in [7, 11) is 0. The molecule has 0 aliphatic carbocycles. The standard InChI is InChI=1S/C18H17BrN2O2/c1-12-5-3-4-6-13(12)11-21-16(22)18(2,20-17(21)23)14-7-9-15(19)10-8-14/h3-10H,11H2,1-2H3,(H,20,23)/t18-/m0/s1. The molecular weight excluding hydrogens is 356 g/mol. The van der Waals surface area contributed by atoms with Crippen molar-refractivity contribution in [2.45, 2.75) is 25.9 Å². The van der Waals surface area contributed by atoms with E-state index in [0.717, 1.165) is 21.2 Å². The van der Waals surface area contributed by atoms with Crippen LogP contribution in [0.3, 0.4) is 0 Å². The summed E-state index contributed by atoms with van der Waals surface area (Å²) in [6, 6.07) is 14.8. The number of nitrogens with one attached hydrogen (secondary N) is 1. The van der Waals surface area contributed by atoms with Crippen molar-refractivity contribution in [2.24, 2.45) is 0 Å². The lowest BCUT2D eigenvalue weighted by Gasteiger charge is -2.22. The van der Waals surface area contributed by atoms with E-state index in [2.05, 4.69) is 21.2 Å². The molecule has 0 unspecified atom stereocenters. The van der Waals surface area contributed by atoms with Crippen molar-refractivity contribution in [3.05, 3.63) is 69.7 Å². The highest BCUT2D eigenvalue weighted by Crippen LogP contribution is 2.30. The molecule has 0 saturated carbocycles. The van der Waals surface area contributed by atoms with Crippen LogP contribution >= 0.6 is 15.9 Å². The highest BCUT2D eigenvalue weighted by Gasteiger charge is 2.48. The second-order valence-corrected chi connectivity index (χ2v) is 6.80. The van der Waals surface area contributed by atoms with Crippen molar-refractivity contribution in [3.63, 3.8) is 0 Å². The number of imide groups is 1. The van der Waals surface area contributed by atoms with Gasteiger partial charge in [-0.25, -0.2) is 4.79 Å². The van der Waals surface area contributed by atoms with Crippen LogP contribution in [0, 0.1) is 6.92 Å². The average molecular weight is 373 g/mol. The van der Waals surface area contributed by atoms with E-state index in [4.69, 9.17) is 0 Å². The highest BCUT2D eigenvalue weighted by atomic mass is 79.9. The Kier molecular flexibility index (Phi) is 3.98. The van der Waals surface area contributed by atoms with Crippen molar-refractivity contribution >= 4 is 27.9 Å². The molecular formula is C18H17BrN2O2. The molecule has 2 aromatic rings. The lowest BCUT2D eigenvalue weighted by Crippen LogP contribution is -2.40. The molecule has 23 heavy (non-hydrogen) atoms. The third-order valence-corrected chi connectivity index (χ3v) is 4.81. The normalized spacial score (nSPS) is 20.7. The van der Waals surface area contributed by atoms with Crippen molar-refractivity contribution in [1.29, 1.82) is 0 Å². The summed E-state index contributed by atoms with van der Waals surface area (Å²) in [5.74, 6) is -0.229. The minimum Gasteiger partial charge on any atom is -0.319 e. The molecule has 1 saturated heterocycles. The van der Waals surface area contributed by atoms with Gasteiger partial charge in [0, 0.05) is 4.47 Å². The molecule has 1 N–H and O–H groups in total. The number of hydrogen-bond acceptors (Lipinski definition) is 2. The number of hydrogen-bond donors (Lipinski definition) is 1. The van der Waals surface area contributed by atoms with Gasteiger partial charge in [0.2, 0.25) is 0 Å². The molecule has 1 fully saturated rings. The van der Waals surface area contributed by atoms with Gasteiger partial charge in [-0.2, -0.15) is 0 Å². The van der Waals surface area contributed by atoms with E-state index in [1.54, 1.807) is 6.92 Å². The van der Waals surface area contributed by atoms with Crippen LogP contribution in [0.15, 0.2) is 53.0 Å². The van der Waals surface area contributed by atoms with Gasteiger partial charge in [0.25, 0.3) is 5.91 Å². The first-order valence-electron chi connectivity index (χ1n) is 7.36. The van der Waals surface area contributed by atoms with Gasteiger partial charge in [-0.15, -0.1) is 0 Å². The van der Waals surface area contributed by atoms with Crippen LogP contribution in [0.5, 0.6) is 0 Å². The Morgan fingerprint density at radius 1 is 1.09 bits per heavy atom. The van der Waals surface area contributed by atoms with Gasteiger partial charge in [0.05, 0.1) is 6.54 Å². The Morgan fingerprint density at radius 2 is 1.74 bits per heavy atom. The van der Waals surface area contributed by atoms with Crippen LogP contribution in [0.1, 0.15) is 23.6 Å². The molecule has 3 amide bonds. The minimum absolute atomic E-state index is 0.229. The molecule has 0 radical (unpaired) electrons. The maximum atomic E-state index is 12.9. The Labute approximate surface area is 143 Å². The Morgan fingerprint density at radius 3 is 2.39 bits per heavy atom. The molecule has 0 aromatic heterocycles. The van der Waals surface area contributed by atoms with E-state index in [0.29, 0.717) is 0 Å². The van der Waals surface area contributed by atoms with Crippen LogP contribution in [0.4, 0.5) is 4.79 Å². The van der Waals surface area contributed by atoms with Crippen LogP contribution < -0.4 is 5.32 Å². The summed E-state index contributed by atoms with van der Waals surface area (Å²) in [6.45, 7) is 4.00. The molecule has 2 aromatic carbocycles. The molecule has 3 rings (SSSR count). The van der Waals surface area contributed by atoms with Crippen molar-refractivity contribution in [3.8, 4) is 0 Å². The zero-order valence-corrected chi connectivity index (χ0v) is 14.6. The maximum Gasteiger partial charge on any atom is 0.325 e. The van der Waals surface area contributed by atoms with E-state index in [1.807, 2.05) is 55.5 Å². The molecule has 0 bridgehead atoms.